The zero-order valence-electron chi connectivity index (χ0n) is 10.2. The maximum Gasteiger partial charge on any atom is 0.149 e. The molecule has 3 nitrogen and oxygen atoms in total. The molecule has 0 aromatic carbocycles. The summed E-state index contributed by atoms with van der Waals surface area (Å²) in [6.07, 6.45) is 8.75. The first kappa shape index (κ1) is 10.6. The Kier molecular flexibility index (Phi) is 2.75. The molecular formula is C14H18N2O. The molecule has 1 fully saturated rings. The van der Waals surface area contributed by atoms with E-state index in [1.165, 1.54) is 18.4 Å². The van der Waals surface area contributed by atoms with Gasteiger partial charge in [-0.1, -0.05) is 13.3 Å². The van der Waals surface area contributed by atoms with Crippen LogP contribution in [0.4, 0.5) is 0 Å². The highest BCUT2D eigenvalue weighted by Gasteiger charge is 2.28. The lowest BCUT2D eigenvalue weighted by Gasteiger charge is -2.11. The molecule has 2 aromatic rings. The maximum atomic E-state index is 5.98. The largest absolute Gasteiger partial charge is 0.491 e. The number of H-pyrrole nitrogens is 1. The van der Waals surface area contributed by atoms with Gasteiger partial charge in [0.1, 0.15) is 11.3 Å². The van der Waals surface area contributed by atoms with Crippen LogP contribution in [-0.2, 0) is 0 Å². The Morgan fingerprint density at radius 2 is 2.35 bits per heavy atom. The van der Waals surface area contributed by atoms with Crippen molar-refractivity contribution >= 4 is 11.0 Å². The summed E-state index contributed by atoms with van der Waals surface area (Å²) < 4.78 is 5.98. The number of rotatable bonds is 5. The first-order valence-corrected chi connectivity index (χ1v) is 6.49. The Labute approximate surface area is 101 Å². The molecule has 2 aromatic heterocycles. The molecule has 90 valence electrons. The number of nitrogens with one attached hydrogen (secondary N) is 1. The fourth-order valence-corrected chi connectivity index (χ4v) is 2.15. The molecule has 1 aliphatic carbocycles. The van der Waals surface area contributed by atoms with E-state index in [2.05, 4.69) is 16.9 Å². The molecule has 0 saturated heterocycles. The highest BCUT2D eigenvalue weighted by Crippen LogP contribution is 2.45. The van der Waals surface area contributed by atoms with Crippen molar-refractivity contribution in [3.8, 4) is 5.75 Å². The topological polar surface area (TPSA) is 37.9 Å². The molecule has 3 heteroatoms. The summed E-state index contributed by atoms with van der Waals surface area (Å²) in [7, 11) is 0. The number of unbranched alkanes of at least 4 members (excludes halogenated alkanes) is 1. The standard InChI is InChI=1S/C14H18N2O/c1-2-3-8-17-14-11(10-4-5-10)9-16-12-6-7-15-13(12)14/h6-7,9-10,15H,2-5,8H2,1H3. The van der Waals surface area contributed by atoms with Crippen molar-refractivity contribution in [2.75, 3.05) is 6.61 Å². The van der Waals surface area contributed by atoms with Crippen molar-refractivity contribution in [1.82, 2.24) is 9.97 Å². The van der Waals surface area contributed by atoms with E-state index in [4.69, 9.17) is 4.74 Å². The lowest BCUT2D eigenvalue weighted by Crippen LogP contribution is -2.01. The van der Waals surface area contributed by atoms with Gasteiger partial charge in [-0.05, 0) is 31.2 Å². The van der Waals surface area contributed by atoms with Crippen LogP contribution in [0.3, 0.4) is 0 Å². The smallest absolute Gasteiger partial charge is 0.149 e. The molecule has 2 heterocycles. The Balaban J connectivity index is 1.96. The maximum absolute atomic E-state index is 5.98. The molecule has 17 heavy (non-hydrogen) atoms. The van der Waals surface area contributed by atoms with Crippen LogP contribution in [0.5, 0.6) is 5.75 Å². The lowest BCUT2D eigenvalue weighted by molar-refractivity contribution is 0.309. The third-order valence-corrected chi connectivity index (χ3v) is 3.32. The summed E-state index contributed by atoms with van der Waals surface area (Å²) in [6, 6.07) is 2.00. The van der Waals surface area contributed by atoms with E-state index < -0.39 is 0 Å². The first-order valence-electron chi connectivity index (χ1n) is 6.49. The average molecular weight is 230 g/mol. The minimum absolute atomic E-state index is 0.673. The van der Waals surface area contributed by atoms with Crippen LogP contribution < -0.4 is 4.74 Å². The summed E-state index contributed by atoms with van der Waals surface area (Å²) in [4.78, 5) is 7.73. The number of hydrogen-bond donors (Lipinski definition) is 1. The summed E-state index contributed by atoms with van der Waals surface area (Å²) >= 11 is 0. The molecule has 1 aliphatic rings. The second kappa shape index (κ2) is 4.40. The van der Waals surface area contributed by atoms with Crippen LogP contribution in [0.25, 0.3) is 11.0 Å². The summed E-state index contributed by atoms with van der Waals surface area (Å²) in [5, 5.41) is 0. The van der Waals surface area contributed by atoms with Gasteiger partial charge in [0.25, 0.3) is 0 Å². The molecule has 0 bridgehead atoms. The molecule has 0 unspecified atom stereocenters. The first-order chi connectivity index (χ1) is 8.40. The molecule has 0 amide bonds. The van der Waals surface area contributed by atoms with E-state index in [1.807, 2.05) is 18.5 Å². The van der Waals surface area contributed by atoms with Gasteiger partial charge in [-0.25, -0.2) is 0 Å². The predicted octanol–water partition coefficient (Wildman–Crippen LogP) is 3.62. The average Bonchev–Trinajstić information content (AvgIpc) is 3.07. The summed E-state index contributed by atoms with van der Waals surface area (Å²) in [6.45, 7) is 2.98. The highest BCUT2D eigenvalue weighted by atomic mass is 16.5. The van der Waals surface area contributed by atoms with Crippen molar-refractivity contribution < 1.29 is 4.74 Å². The van der Waals surface area contributed by atoms with Crippen molar-refractivity contribution in [2.45, 2.75) is 38.5 Å². The summed E-state index contributed by atoms with van der Waals surface area (Å²) in [5.41, 5.74) is 3.35. The number of hydrogen-bond acceptors (Lipinski definition) is 2. The Morgan fingerprint density at radius 3 is 3.12 bits per heavy atom. The number of ether oxygens (including phenoxy) is 1. The SMILES string of the molecule is CCCCOc1c(C2CC2)cnc2cc[nH]c12. The number of aromatic amines is 1. The van der Waals surface area contributed by atoms with E-state index in [1.54, 1.807) is 0 Å². The monoisotopic (exact) mass is 230 g/mol. The second-order valence-electron chi connectivity index (χ2n) is 4.76. The Bertz CT molecular complexity index is 514. The molecule has 0 spiro atoms. The fourth-order valence-electron chi connectivity index (χ4n) is 2.15. The van der Waals surface area contributed by atoms with Gasteiger partial charge < -0.3 is 9.72 Å². The van der Waals surface area contributed by atoms with Crippen LogP contribution in [0, 0.1) is 0 Å². The zero-order chi connectivity index (χ0) is 11.7. The molecule has 0 radical (unpaired) electrons. The van der Waals surface area contributed by atoms with Gasteiger partial charge in [0.2, 0.25) is 0 Å². The van der Waals surface area contributed by atoms with Crippen LogP contribution in [-0.4, -0.2) is 16.6 Å². The van der Waals surface area contributed by atoms with Crippen molar-refractivity contribution in [3.63, 3.8) is 0 Å². The molecule has 1 N–H and O–H groups in total. The van der Waals surface area contributed by atoms with Gasteiger partial charge >= 0.3 is 0 Å². The van der Waals surface area contributed by atoms with Gasteiger partial charge in [-0.3, -0.25) is 4.98 Å². The third-order valence-electron chi connectivity index (χ3n) is 3.32. The van der Waals surface area contributed by atoms with E-state index >= 15 is 0 Å². The van der Waals surface area contributed by atoms with Crippen LogP contribution in [0.2, 0.25) is 0 Å². The van der Waals surface area contributed by atoms with E-state index in [0.717, 1.165) is 36.2 Å². The molecule has 0 atom stereocenters. The predicted molar refractivity (Wildman–Crippen MR) is 68.5 cm³/mol. The van der Waals surface area contributed by atoms with Crippen molar-refractivity contribution in [3.05, 3.63) is 24.0 Å². The number of aromatic nitrogens is 2. The highest BCUT2D eigenvalue weighted by molar-refractivity contribution is 5.83. The van der Waals surface area contributed by atoms with Gasteiger partial charge in [0, 0.05) is 18.0 Å². The molecule has 3 rings (SSSR count). The van der Waals surface area contributed by atoms with Crippen LogP contribution in [0.15, 0.2) is 18.5 Å². The van der Waals surface area contributed by atoms with Crippen molar-refractivity contribution in [1.29, 1.82) is 0 Å². The minimum atomic E-state index is 0.673. The third kappa shape index (κ3) is 2.02. The lowest BCUT2D eigenvalue weighted by atomic mass is 10.1. The zero-order valence-corrected chi connectivity index (χ0v) is 10.2. The van der Waals surface area contributed by atoms with Crippen LogP contribution >= 0.6 is 0 Å². The van der Waals surface area contributed by atoms with Gasteiger partial charge in [-0.15, -0.1) is 0 Å². The van der Waals surface area contributed by atoms with E-state index in [0.29, 0.717) is 5.92 Å². The van der Waals surface area contributed by atoms with Gasteiger partial charge in [-0.2, -0.15) is 0 Å². The minimum Gasteiger partial charge on any atom is -0.491 e. The number of nitrogens with zero attached hydrogens (tertiary/aromatic N) is 1. The Morgan fingerprint density at radius 1 is 1.47 bits per heavy atom. The molecular weight excluding hydrogens is 212 g/mol. The van der Waals surface area contributed by atoms with Crippen molar-refractivity contribution in [2.24, 2.45) is 0 Å². The molecule has 0 aliphatic heterocycles. The van der Waals surface area contributed by atoms with E-state index in [9.17, 15) is 0 Å². The second-order valence-corrected chi connectivity index (χ2v) is 4.76. The van der Waals surface area contributed by atoms with E-state index in [-0.39, 0.29) is 0 Å². The Hall–Kier alpha value is -1.51. The molecule has 1 saturated carbocycles. The number of fused-ring (bicyclic) bond motifs is 1. The van der Waals surface area contributed by atoms with Gasteiger partial charge in [0.05, 0.1) is 12.1 Å². The summed E-state index contributed by atoms with van der Waals surface area (Å²) in [5.74, 6) is 1.71. The quantitative estimate of drug-likeness (QED) is 0.797. The normalized spacial score (nSPS) is 15.4. The number of pyridine rings is 1. The van der Waals surface area contributed by atoms with Crippen LogP contribution in [0.1, 0.15) is 44.1 Å². The van der Waals surface area contributed by atoms with Gasteiger partial charge in [0.15, 0.2) is 0 Å². The fraction of sp³-hybridized carbons (Fsp3) is 0.500.